The van der Waals surface area contributed by atoms with E-state index in [-0.39, 0.29) is 23.5 Å². The Hall–Kier alpha value is -2.64. The highest BCUT2D eigenvalue weighted by Gasteiger charge is 2.24. The molecule has 0 aliphatic carbocycles. The molecule has 1 amide bonds. The SMILES string of the molecule is Nc1nonc1C(=O)NC1CCN(c2ccccn2)CC1. The van der Waals surface area contributed by atoms with E-state index in [2.05, 4.69) is 30.1 Å². The lowest BCUT2D eigenvalue weighted by atomic mass is 10.0. The Kier molecular flexibility index (Phi) is 3.67. The molecule has 21 heavy (non-hydrogen) atoms. The number of amides is 1. The molecule has 0 bridgehead atoms. The van der Waals surface area contributed by atoms with Crippen molar-refractivity contribution in [3.63, 3.8) is 0 Å². The van der Waals surface area contributed by atoms with E-state index in [0.29, 0.717) is 0 Å². The van der Waals surface area contributed by atoms with Gasteiger partial charge in [0.05, 0.1) is 0 Å². The van der Waals surface area contributed by atoms with Crippen molar-refractivity contribution in [2.45, 2.75) is 18.9 Å². The summed E-state index contributed by atoms with van der Waals surface area (Å²) in [6.07, 6.45) is 3.46. The number of anilines is 2. The molecular weight excluding hydrogens is 272 g/mol. The number of carbonyl (C=O) groups excluding carboxylic acids is 1. The van der Waals surface area contributed by atoms with Gasteiger partial charge in [0, 0.05) is 25.3 Å². The van der Waals surface area contributed by atoms with Crippen LogP contribution in [0.25, 0.3) is 0 Å². The Bertz CT molecular complexity index is 606. The van der Waals surface area contributed by atoms with Crippen LogP contribution in [0.15, 0.2) is 29.0 Å². The molecule has 3 rings (SSSR count). The Morgan fingerprint density at radius 1 is 1.33 bits per heavy atom. The molecule has 0 saturated carbocycles. The number of nitrogen functional groups attached to an aromatic ring is 1. The van der Waals surface area contributed by atoms with Gasteiger partial charge in [-0.3, -0.25) is 4.79 Å². The van der Waals surface area contributed by atoms with Gasteiger partial charge in [0.1, 0.15) is 5.82 Å². The number of carbonyl (C=O) groups is 1. The molecule has 2 aromatic rings. The molecule has 110 valence electrons. The maximum Gasteiger partial charge on any atom is 0.277 e. The van der Waals surface area contributed by atoms with Gasteiger partial charge in [-0.1, -0.05) is 6.07 Å². The third kappa shape index (κ3) is 2.93. The number of nitrogens with one attached hydrogen (secondary N) is 1. The predicted octanol–water partition coefficient (Wildman–Crippen LogP) is 0.446. The van der Waals surface area contributed by atoms with E-state index in [1.54, 1.807) is 6.20 Å². The Morgan fingerprint density at radius 3 is 2.76 bits per heavy atom. The molecule has 1 aliphatic rings. The van der Waals surface area contributed by atoms with E-state index >= 15 is 0 Å². The summed E-state index contributed by atoms with van der Waals surface area (Å²) in [7, 11) is 0. The van der Waals surface area contributed by atoms with Crippen LogP contribution in [0.2, 0.25) is 0 Å². The van der Waals surface area contributed by atoms with Gasteiger partial charge in [-0.05, 0) is 35.3 Å². The second kappa shape index (κ2) is 5.78. The van der Waals surface area contributed by atoms with Crippen molar-refractivity contribution < 1.29 is 9.42 Å². The average molecular weight is 288 g/mol. The maximum atomic E-state index is 12.0. The third-order valence-corrected chi connectivity index (χ3v) is 3.53. The third-order valence-electron chi connectivity index (χ3n) is 3.53. The van der Waals surface area contributed by atoms with Gasteiger partial charge in [0.15, 0.2) is 0 Å². The van der Waals surface area contributed by atoms with Gasteiger partial charge in [-0.2, -0.15) is 0 Å². The van der Waals surface area contributed by atoms with Gasteiger partial charge in [0.2, 0.25) is 11.5 Å². The highest BCUT2D eigenvalue weighted by Crippen LogP contribution is 2.17. The molecule has 8 heteroatoms. The van der Waals surface area contributed by atoms with E-state index in [4.69, 9.17) is 5.73 Å². The summed E-state index contributed by atoms with van der Waals surface area (Å²) in [5.74, 6) is 0.635. The highest BCUT2D eigenvalue weighted by molar-refractivity contribution is 5.96. The van der Waals surface area contributed by atoms with Gasteiger partial charge in [0.25, 0.3) is 5.91 Å². The fraction of sp³-hybridized carbons (Fsp3) is 0.385. The predicted molar refractivity (Wildman–Crippen MR) is 75.6 cm³/mol. The van der Waals surface area contributed by atoms with Gasteiger partial charge >= 0.3 is 0 Å². The van der Waals surface area contributed by atoms with Crippen LogP contribution in [0.3, 0.4) is 0 Å². The lowest BCUT2D eigenvalue weighted by Gasteiger charge is -2.32. The largest absolute Gasteiger partial charge is 0.379 e. The van der Waals surface area contributed by atoms with E-state index in [1.165, 1.54) is 0 Å². The quantitative estimate of drug-likeness (QED) is 0.843. The van der Waals surface area contributed by atoms with Crippen LogP contribution in [0.5, 0.6) is 0 Å². The van der Waals surface area contributed by atoms with E-state index in [1.807, 2.05) is 18.2 Å². The summed E-state index contributed by atoms with van der Waals surface area (Å²) in [5, 5.41) is 9.80. The summed E-state index contributed by atoms with van der Waals surface area (Å²) in [4.78, 5) is 18.5. The monoisotopic (exact) mass is 288 g/mol. The minimum Gasteiger partial charge on any atom is -0.379 e. The average Bonchev–Trinajstić information content (AvgIpc) is 2.95. The van der Waals surface area contributed by atoms with Crippen LogP contribution in [0.4, 0.5) is 11.6 Å². The molecule has 8 nitrogen and oxygen atoms in total. The van der Waals surface area contributed by atoms with Gasteiger partial charge in [-0.15, -0.1) is 0 Å². The van der Waals surface area contributed by atoms with E-state index < -0.39 is 0 Å². The molecule has 1 fully saturated rings. The molecule has 1 saturated heterocycles. The zero-order chi connectivity index (χ0) is 14.7. The number of hydrogen-bond donors (Lipinski definition) is 2. The molecule has 0 radical (unpaired) electrons. The van der Waals surface area contributed by atoms with Gasteiger partial charge < -0.3 is 16.0 Å². The molecule has 0 atom stereocenters. The topological polar surface area (TPSA) is 110 Å². The molecule has 3 heterocycles. The number of pyridine rings is 1. The maximum absolute atomic E-state index is 12.0. The van der Waals surface area contributed by atoms with E-state index in [0.717, 1.165) is 31.7 Å². The number of nitrogens with zero attached hydrogens (tertiary/aromatic N) is 4. The molecule has 3 N–H and O–H groups in total. The van der Waals surface area contributed by atoms with Crippen LogP contribution >= 0.6 is 0 Å². The molecule has 0 spiro atoms. The lowest BCUT2D eigenvalue weighted by molar-refractivity contribution is 0.0921. The van der Waals surface area contributed by atoms with E-state index in [9.17, 15) is 4.79 Å². The van der Waals surface area contributed by atoms with Crippen molar-refractivity contribution in [3.8, 4) is 0 Å². The second-order valence-corrected chi connectivity index (χ2v) is 4.92. The first-order valence-corrected chi connectivity index (χ1v) is 6.79. The van der Waals surface area contributed by atoms with Crippen molar-refractivity contribution in [1.29, 1.82) is 0 Å². The summed E-state index contributed by atoms with van der Waals surface area (Å²) in [5.41, 5.74) is 5.54. The number of aromatic nitrogens is 3. The van der Waals surface area contributed by atoms with Crippen molar-refractivity contribution in [2.24, 2.45) is 0 Å². The normalized spacial score (nSPS) is 15.9. The molecular formula is C13H16N6O2. The number of piperidine rings is 1. The first-order valence-electron chi connectivity index (χ1n) is 6.79. The van der Waals surface area contributed by atoms with Crippen LogP contribution in [-0.2, 0) is 0 Å². The minimum atomic E-state index is -0.343. The number of nitrogens with two attached hydrogens (primary N) is 1. The zero-order valence-electron chi connectivity index (χ0n) is 11.4. The van der Waals surface area contributed by atoms with Crippen molar-refractivity contribution in [2.75, 3.05) is 23.7 Å². The molecule has 1 aliphatic heterocycles. The smallest absolute Gasteiger partial charge is 0.277 e. The Labute approximate surface area is 121 Å². The molecule has 0 unspecified atom stereocenters. The fourth-order valence-corrected chi connectivity index (χ4v) is 2.40. The number of rotatable bonds is 3. The Balaban J connectivity index is 1.55. The first kappa shape index (κ1) is 13.3. The van der Waals surface area contributed by atoms with Gasteiger partial charge in [-0.25, -0.2) is 9.61 Å². The van der Waals surface area contributed by atoms with Crippen molar-refractivity contribution >= 4 is 17.5 Å². The standard InChI is InChI=1S/C13H16N6O2/c14-12-11(17-21-18-12)13(20)16-9-4-7-19(8-5-9)10-3-1-2-6-15-10/h1-3,6,9H,4-5,7-8H2,(H2,14,18)(H,16,20). The molecule has 0 aromatic carbocycles. The van der Waals surface area contributed by atoms with Crippen LogP contribution in [0, 0.1) is 0 Å². The summed E-state index contributed by atoms with van der Waals surface area (Å²) in [6.45, 7) is 1.68. The molecule has 2 aromatic heterocycles. The van der Waals surface area contributed by atoms with Crippen LogP contribution < -0.4 is 16.0 Å². The second-order valence-electron chi connectivity index (χ2n) is 4.92. The first-order chi connectivity index (χ1) is 10.2. The lowest BCUT2D eigenvalue weighted by Crippen LogP contribution is -2.45. The number of hydrogen-bond acceptors (Lipinski definition) is 7. The van der Waals surface area contributed by atoms with Crippen LogP contribution in [0.1, 0.15) is 23.3 Å². The highest BCUT2D eigenvalue weighted by atomic mass is 16.6. The Morgan fingerprint density at radius 2 is 2.14 bits per heavy atom. The summed E-state index contributed by atoms with van der Waals surface area (Å²) >= 11 is 0. The van der Waals surface area contributed by atoms with Crippen molar-refractivity contribution in [3.05, 3.63) is 30.1 Å². The minimum absolute atomic E-state index is 0.0124. The zero-order valence-corrected chi connectivity index (χ0v) is 11.4. The fourth-order valence-electron chi connectivity index (χ4n) is 2.40. The summed E-state index contributed by atoms with van der Waals surface area (Å²) < 4.78 is 4.43. The summed E-state index contributed by atoms with van der Waals surface area (Å²) in [6, 6.07) is 5.94. The van der Waals surface area contributed by atoms with Crippen LogP contribution in [-0.4, -0.2) is 40.3 Å². The van der Waals surface area contributed by atoms with Crippen molar-refractivity contribution in [1.82, 2.24) is 20.6 Å².